The van der Waals surface area contributed by atoms with Crippen LogP contribution in [0.3, 0.4) is 0 Å². The SMILES string of the molecule is CC(=O)c1ccccc1.CCC(Cc1ccccc1)(Cc1ccc(N2CCOCC2)cc1)N(C)C. The standard InChI is InChI=1S/C23H32N2O.C8H8O/c1-4-23(24(2)3,18-20-8-6-5-7-9-20)19-21-10-12-22(13-11-21)25-14-16-26-17-15-25;1-7(9)8-5-3-2-4-6-8/h5-13H,4,14-19H2,1-3H3;2-6H,1H3. The number of morpholine rings is 1. The quantitative estimate of drug-likeness (QED) is 0.382. The topological polar surface area (TPSA) is 32.8 Å². The minimum atomic E-state index is 0.121. The molecule has 1 aliphatic heterocycles. The van der Waals surface area contributed by atoms with Gasteiger partial charge in [-0.2, -0.15) is 0 Å². The molecule has 1 heterocycles. The number of carbonyl (C=O) groups is 1. The van der Waals surface area contributed by atoms with E-state index in [4.69, 9.17) is 4.74 Å². The van der Waals surface area contributed by atoms with Crippen molar-refractivity contribution in [1.29, 1.82) is 0 Å². The lowest BCUT2D eigenvalue weighted by molar-refractivity contribution is 0.101. The molecule has 0 bridgehead atoms. The summed E-state index contributed by atoms with van der Waals surface area (Å²) in [6.07, 6.45) is 3.26. The van der Waals surface area contributed by atoms with Gasteiger partial charge in [0, 0.05) is 29.9 Å². The molecule has 0 spiro atoms. The van der Waals surface area contributed by atoms with Gasteiger partial charge in [-0.3, -0.25) is 4.79 Å². The molecule has 1 unspecified atom stereocenters. The molecule has 4 rings (SSSR count). The largest absolute Gasteiger partial charge is 0.378 e. The zero-order valence-corrected chi connectivity index (χ0v) is 21.7. The van der Waals surface area contributed by atoms with Gasteiger partial charge in [-0.1, -0.05) is 79.7 Å². The van der Waals surface area contributed by atoms with Gasteiger partial charge in [0.2, 0.25) is 0 Å². The Morgan fingerprint density at radius 3 is 1.80 bits per heavy atom. The highest BCUT2D eigenvalue weighted by Crippen LogP contribution is 2.28. The Bertz CT molecular complexity index is 1010. The van der Waals surface area contributed by atoms with Gasteiger partial charge in [0.15, 0.2) is 5.78 Å². The van der Waals surface area contributed by atoms with E-state index in [1.807, 2.05) is 30.3 Å². The molecule has 4 nitrogen and oxygen atoms in total. The maximum Gasteiger partial charge on any atom is 0.159 e. The summed E-state index contributed by atoms with van der Waals surface area (Å²) < 4.78 is 5.46. The summed E-state index contributed by atoms with van der Waals surface area (Å²) in [5, 5.41) is 0. The van der Waals surface area contributed by atoms with Crippen molar-refractivity contribution in [3.05, 3.63) is 102 Å². The van der Waals surface area contributed by atoms with Crippen molar-refractivity contribution in [3.63, 3.8) is 0 Å². The monoisotopic (exact) mass is 472 g/mol. The lowest BCUT2D eigenvalue weighted by atomic mass is 9.81. The second-order valence-corrected chi connectivity index (χ2v) is 9.50. The molecule has 4 heteroatoms. The zero-order chi connectivity index (χ0) is 25.1. The molecule has 1 fully saturated rings. The van der Waals surface area contributed by atoms with Gasteiger partial charge in [-0.25, -0.2) is 0 Å². The number of ketones is 1. The summed E-state index contributed by atoms with van der Waals surface area (Å²) in [4.78, 5) is 15.5. The number of hydrogen-bond donors (Lipinski definition) is 0. The molecular formula is C31H40N2O2. The molecule has 186 valence electrons. The van der Waals surface area contributed by atoms with Crippen LogP contribution in [0.1, 0.15) is 41.8 Å². The van der Waals surface area contributed by atoms with Gasteiger partial charge < -0.3 is 14.5 Å². The first-order valence-electron chi connectivity index (χ1n) is 12.6. The van der Waals surface area contributed by atoms with E-state index in [0.29, 0.717) is 0 Å². The van der Waals surface area contributed by atoms with Gasteiger partial charge >= 0.3 is 0 Å². The van der Waals surface area contributed by atoms with Gasteiger partial charge in [-0.05, 0) is 63.5 Å². The molecule has 1 saturated heterocycles. The van der Waals surface area contributed by atoms with E-state index >= 15 is 0 Å². The van der Waals surface area contributed by atoms with Crippen molar-refractivity contribution in [3.8, 4) is 0 Å². The number of Topliss-reactive ketones (excluding diaryl/α,β-unsaturated/α-hetero) is 1. The Hall–Kier alpha value is -2.95. The molecule has 1 aliphatic rings. The molecule has 3 aromatic carbocycles. The van der Waals surface area contributed by atoms with Gasteiger partial charge in [-0.15, -0.1) is 0 Å². The van der Waals surface area contributed by atoms with E-state index < -0.39 is 0 Å². The van der Waals surface area contributed by atoms with Crippen molar-refractivity contribution >= 4 is 11.5 Å². The lowest BCUT2D eigenvalue weighted by Crippen LogP contribution is -2.47. The maximum atomic E-state index is 10.6. The Balaban J connectivity index is 0.000000320. The summed E-state index contributed by atoms with van der Waals surface area (Å²) in [5.74, 6) is 0.121. The number of hydrogen-bond acceptors (Lipinski definition) is 4. The van der Waals surface area contributed by atoms with E-state index in [1.54, 1.807) is 6.92 Å². The summed E-state index contributed by atoms with van der Waals surface area (Å²) >= 11 is 0. The number of nitrogens with zero attached hydrogens (tertiary/aromatic N) is 2. The lowest BCUT2D eigenvalue weighted by Gasteiger charge is -2.40. The minimum Gasteiger partial charge on any atom is -0.378 e. The van der Waals surface area contributed by atoms with Gasteiger partial charge in [0.1, 0.15) is 0 Å². The average molecular weight is 473 g/mol. The van der Waals surface area contributed by atoms with E-state index in [1.165, 1.54) is 16.8 Å². The van der Waals surface area contributed by atoms with Crippen molar-refractivity contribution in [2.45, 2.75) is 38.6 Å². The van der Waals surface area contributed by atoms with E-state index in [-0.39, 0.29) is 11.3 Å². The summed E-state index contributed by atoms with van der Waals surface area (Å²) in [5.41, 5.74) is 5.05. The highest BCUT2D eigenvalue weighted by molar-refractivity contribution is 5.93. The fourth-order valence-corrected chi connectivity index (χ4v) is 4.62. The van der Waals surface area contributed by atoms with Crippen LogP contribution in [0.5, 0.6) is 0 Å². The molecule has 0 amide bonds. The predicted octanol–water partition coefficient (Wildman–Crippen LogP) is 5.91. The molecule has 0 N–H and O–H groups in total. The summed E-state index contributed by atoms with van der Waals surface area (Å²) in [6.45, 7) is 7.52. The van der Waals surface area contributed by atoms with E-state index in [2.05, 4.69) is 85.4 Å². The molecule has 0 aromatic heterocycles. The highest BCUT2D eigenvalue weighted by atomic mass is 16.5. The Kier molecular flexibility index (Phi) is 10.1. The number of ether oxygens (including phenoxy) is 1. The zero-order valence-electron chi connectivity index (χ0n) is 21.7. The molecular weight excluding hydrogens is 432 g/mol. The normalized spacial score (nSPS) is 15.2. The Labute approximate surface area is 211 Å². The Morgan fingerprint density at radius 1 is 0.829 bits per heavy atom. The maximum absolute atomic E-state index is 10.6. The van der Waals surface area contributed by atoms with Crippen LogP contribution in [0.25, 0.3) is 0 Å². The average Bonchev–Trinajstić information content (AvgIpc) is 2.90. The highest BCUT2D eigenvalue weighted by Gasteiger charge is 2.31. The van der Waals surface area contributed by atoms with E-state index in [9.17, 15) is 4.79 Å². The molecule has 0 radical (unpaired) electrons. The smallest absolute Gasteiger partial charge is 0.159 e. The third-order valence-corrected chi connectivity index (χ3v) is 7.01. The van der Waals surface area contributed by atoms with Gasteiger partial charge in [0.25, 0.3) is 0 Å². The first kappa shape index (κ1) is 26.7. The predicted molar refractivity (Wildman–Crippen MR) is 146 cm³/mol. The number of carbonyl (C=O) groups excluding carboxylic acids is 1. The van der Waals surface area contributed by atoms with Crippen molar-refractivity contribution in [1.82, 2.24) is 4.90 Å². The molecule has 1 atom stereocenters. The van der Waals surface area contributed by atoms with Crippen LogP contribution in [0.2, 0.25) is 0 Å². The third kappa shape index (κ3) is 7.78. The number of anilines is 1. The number of rotatable bonds is 8. The summed E-state index contributed by atoms with van der Waals surface area (Å²) in [6, 6.07) is 29.3. The molecule has 3 aromatic rings. The first-order valence-corrected chi connectivity index (χ1v) is 12.6. The summed E-state index contributed by atoms with van der Waals surface area (Å²) in [7, 11) is 4.43. The van der Waals surface area contributed by atoms with Gasteiger partial charge in [0.05, 0.1) is 13.2 Å². The van der Waals surface area contributed by atoms with Crippen LogP contribution < -0.4 is 4.90 Å². The van der Waals surface area contributed by atoms with Crippen LogP contribution in [0.4, 0.5) is 5.69 Å². The Morgan fingerprint density at radius 2 is 1.34 bits per heavy atom. The van der Waals surface area contributed by atoms with E-state index in [0.717, 1.165) is 51.1 Å². The molecule has 0 aliphatic carbocycles. The van der Waals surface area contributed by atoms with Crippen LogP contribution in [0, 0.1) is 0 Å². The van der Waals surface area contributed by atoms with Crippen molar-refractivity contribution in [2.24, 2.45) is 0 Å². The van der Waals surface area contributed by atoms with Crippen molar-refractivity contribution in [2.75, 3.05) is 45.3 Å². The van der Waals surface area contributed by atoms with Crippen LogP contribution in [-0.4, -0.2) is 56.6 Å². The van der Waals surface area contributed by atoms with Crippen LogP contribution in [0.15, 0.2) is 84.9 Å². The fourth-order valence-electron chi connectivity index (χ4n) is 4.62. The van der Waals surface area contributed by atoms with Crippen molar-refractivity contribution < 1.29 is 9.53 Å². The molecule has 0 saturated carbocycles. The van der Waals surface area contributed by atoms with Crippen LogP contribution >= 0.6 is 0 Å². The first-order chi connectivity index (χ1) is 16.9. The number of benzene rings is 3. The van der Waals surface area contributed by atoms with Crippen LogP contribution in [-0.2, 0) is 17.6 Å². The second kappa shape index (κ2) is 13.2. The molecule has 35 heavy (non-hydrogen) atoms. The fraction of sp³-hybridized carbons (Fsp3) is 0.387. The second-order valence-electron chi connectivity index (χ2n) is 9.50. The number of likely N-dealkylation sites (N-methyl/N-ethyl adjacent to an activating group) is 1. The third-order valence-electron chi connectivity index (χ3n) is 7.01. The minimum absolute atomic E-state index is 0.121.